The van der Waals surface area contributed by atoms with E-state index in [1.54, 1.807) is 6.92 Å². The van der Waals surface area contributed by atoms with Gasteiger partial charge in [-0.05, 0) is 12.8 Å². The molecule has 0 saturated carbocycles. The van der Waals surface area contributed by atoms with Crippen molar-refractivity contribution in [2.75, 3.05) is 20.6 Å². The second-order valence-electron chi connectivity index (χ2n) is 6.81. The summed E-state index contributed by atoms with van der Waals surface area (Å²) in [6, 6.07) is 0. The van der Waals surface area contributed by atoms with Gasteiger partial charge in [0.25, 0.3) is 0 Å². The number of rotatable bonds is 14. The van der Waals surface area contributed by atoms with Gasteiger partial charge in [0, 0.05) is 6.92 Å². The summed E-state index contributed by atoms with van der Waals surface area (Å²) in [7, 11) is -0.534. The van der Waals surface area contributed by atoms with E-state index in [2.05, 4.69) is 11.1 Å². The summed E-state index contributed by atoms with van der Waals surface area (Å²) in [5, 5.41) is 0. The highest BCUT2D eigenvalue weighted by Gasteiger charge is 2.28. The monoisotopic (exact) mass is 338 g/mol. The zero-order valence-corrected chi connectivity index (χ0v) is 15.7. The molecular weight excluding hydrogens is 302 g/mol. The third-order valence-electron chi connectivity index (χ3n) is 4.33. The first kappa shape index (κ1) is 21.8. The second-order valence-corrected chi connectivity index (χ2v) is 7.86. The quantitative estimate of drug-likeness (QED) is 0.224. The molecular formula is C16H36NO4S+. The van der Waals surface area contributed by atoms with Crippen LogP contribution in [0, 0.1) is 0 Å². The Balaban J connectivity index is 3.64. The van der Waals surface area contributed by atoms with Crippen LogP contribution >= 0.6 is 0 Å². The number of hydrogen-bond acceptors (Lipinski definition) is 3. The van der Waals surface area contributed by atoms with E-state index in [4.69, 9.17) is 4.55 Å². The standard InChI is InChI=1S/C16H35NO4S/c1-5-6-7-8-9-10-11-12-13-14-15-17(3,4)16(2)21-22(18,19)20/h16H,5-15H2,1-4H3/p+1. The number of hydrogen-bond donors (Lipinski definition) is 1. The fraction of sp³-hybridized carbons (Fsp3) is 1.00. The molecule has 1 unspecified atom stereocenters. The second kappa shape index (κ2) is 11.4. The predicted octanol–water partition coefficient (Wildman–Crippen LogP) is 4.15. The average Bonchev–Trinajstić information content (AvgIpc) is 2.39. The van der Waals surface area contributed by atoms with Crippen molar-refractivity contribution < 1.29 is 21.6 Å². The van der Waals surface area contributed by atoms with Gasteiger partial charge in [0.05, 0.1) is 20.6 Å². The van der Waals surface area contributed by atoms with Crippen molar-refractivity contribution in [1.82, 2.24) is 0 Å². The first-order valence-electron chi connectivity index (χ1n) is 8.67. The summed E-state index contributed by atoms with van der Waals surface area (Å²) in [5.41, 5.74) is 0. The Hall–Kier alpha value is -0.170. The third-order valence-corrected chi connectivity index (χ3v) is 4.85. The van der Waals surface area contributed by atoms with E-state index in [-0.39, 0.29) is 0 Å². The van der Waals surface area contributed by atoms with Gasteiger partial charge in [-0.1, -0.05) is 58.3 Å². The molecule has 1 N–H and O–H groups in total. The highest BCUT2D eigenvalue weighted by atomic mass is 32.3. The van der Waals surface area contributed by atoms with Gasteiger partial charge in [-0.25, -0.2) is 0 Å². The normalized spacial score (nSPS) is 14.2. The lowest BCUT2D eigenvalue weighted by atomic mass is 10.1. The first-order valence-corrected chi connectivity index (χ1v) is 10.0. The zero-order valence-electron chi connectivity index (χ0n) is 14.9. The van der Waals surface area contributed by atoms with Gasteiger partial charge < -0.3 is 4.48 Å². The molecule has 0 aliphatic rings. The Morgan fingerprint density at radius 1 is 0.909 bits per heavy atom. The van der Waals surface area contributed by atoms with E-state index in [1.165, 1.54) is 51.4 Å². The van der Waals surface area contributed by atoms with Crippen LogP contribution in [0.25, 0.3) is 0 Å². The number of quaternary nitrogens is 1. The Morgan fingerprint density at radius 2 is 1.32 bits per heavy atom. The summed E-state index contributed by atoms with van der Waals surface area (Å²) in [6.45, 7) is 4.75. The van der Waals surface area contributed by atoms with Crippen LogP contribution in [-0.4, -0.2) is 44.3 Å². The Kier molecular flexibility index (Phi) is 11.3. The topological polar surface area (TPSA) is 63.6 Å². The molecule has 0 aromatic heterocycles. The van der Waals surface area contributed by atoms with E-state index >= 15 is 0 Å². The van der Waals surface area contributed by atoms with Gasteiger partial charge in [-0.2, -0.15) is 12.6 Å². The van der Waals surface area contributed by atoms with Gasteiger partial charge in [-0.3, -0.25) is 4.55 Å². The minimum Gasteiger partial charge on any atom is -0.303 e. The molecule has 0 spiro atoms. The van der Waals surface area contributed by atoms with Crippen LogP contribution in [0.5, 0.6) is 0 Å². The van der Waals surface area contributed by atoms with E-state index in [9.17, 15) is 8.42 Å². The SMILES string of the molecule is CCCCCCCCCCCC[N+](C)(C)C(C)OS(=O)(=O)O. The lowest BCUT2D eigenvalue weighted by molar-refractivity contribution is -0.931. The number of unbranched alkanes of at least 4 members (excludes halogenated alkanes) is 9. The fourth-order valence-corrected chi connectivity index (χ4v) is 3.07. The van der Waals surface area contributed by atoms with Crippen LogP contribution in [0.2, 0.25) is 0 Å². The third kappa shape index (κ3) is 12.4. The molecule has 0 heterocycles. The van der Waals surface area contributed by atoms with Crippen molar-refractivity contribution in [3.8, 4) is 0 Å². The fourth-order valence-electron chi connectivity index (χ4n) is 2.48. The van der Waals surface area contributed by atoms with E-state index in [1.807, 2.05) is 14.1 Å². The maximum Gasteiger partial charge on any atom is 0.402 e. The van der Waals surface area contributed by atoms with Gasteiger partial charge >= 0.3 is 10.4 Å². The van der Waals surface area contributed by atoms with Crippen molar-refractivity contribution >= 4 is 10.4 Å². The molecule has 0 aliphatic heterocycles. The highest BCUT2D eigenvalue weighted by molar-refractivity contribution is 7.80. The molecule has 0 saturated heterocycles. The van der Waals surface area contributed by atoms with Crippen LogP contribution in [-0.2, 0) is 14.6 Å². The summed E-state index contributed by atoms with van der Waals surface area (Å²) >= 11 is 0. The van der Waals surface area contributed by atoms with Crippen LogP contribution in [0.3, 0.4) is 0 Å². The van der Waals surface area contributed by atoms with Gasteiger partial charge in [-0.15, -0.1) is 0 Å². The largest absolute Gasteiger partial charge is 0.402 e. The molecule has 0 fully saturated rings. The molecule has 0 aliphatic carbocycles. The van der Waals surface area contributed by atoms with Crippen LogP contribution in [0.1, 0.15) is 78.1 Å². The summed E-state index contributed by atoms with van der Waals surface area (Å²) in [5.74, 6) is 0. The van der Waals surface area contributed by atoms with Crippen molar-refractivity contribution in [3.05, 3.63) is 0 Å². The van der Waals surface area contributed by atoms with E-state index in [0.29, 0.717) is 4.48 Å². The molecule has 5 nitrogen and oxygen atoms in total. The van der Waals surface area contributed by atoms with E-state index < -0.39 is 16.6 Å². The predicted molar refractivity (Wildman–Crippen MR) is 90.9 cm³/mol. The maximum absolute atomic E-state index is 10.8. The van der Waals surface area contributed by atoms with Crippen molar-refractivity contribution in [2.45, 2.75) is 84.3 Å². The molecule has 0 bridgehead atoms. The summed E-state index contributed by atoms with van der Waals surface area (Å²) in [4.78, 5) is 0. The summed E-state index contributed by atoms with van der Waals surface area (Å²) < 4.78 is 35.3. The molecule has 22 heavy (non-hydrogen) atoms. The molecule has 134 valence electrons. The molecule has 0 aromatic carbocycles. The Bertz CT molecular complexity index is 368. The molecule has 0 radical (unpaired) electrons. The minimum absolute atomic E-state index is 0.427. The molecule has 0 aromatic rings. The average molecular weight is 339 g/mol. The minimum atomic E-state index is -4.37. The van der Waals surface area contributed by atoms with Crippen LogP contribution in [0.4, 0.5) is 0 Å². The maximum atomic E-state index is 10.8. The van der Waals surface area contributed by atoms with Gasteiger partial charge in [0.2, 0.25) is 6.23 Å². The highest BCUT2D eigenvalue weighted by Crippen LogP contribution is 2.15. The molecule has 6 heteroatoms. The van der Waals surface area contributed by atoms with Crippen LogP contribution in [0.15, 0.2) is 0 Å². The lowest BCUT2D eigenvalue weighted by Gasteiger charge is -2.34. The Labute approximate surface area is 137 Å². The smallest absolute Gasteiger partial charge is 0.303 e. The Morgan fingerprint density at radius 3 is 1.73 bits per heavy atom. The molecule has 1 atom stereocenters. The van der Waals surface area contributed by atoms with Crippen molar-refractivity contribution in [3.63, 3.8) is 0 Å². The van der Waals surface area contributed by atoms with Crippen molar-refractivity contribution in [1.29, 1.82) is 0 Å². The van der Waals surface area contributed by atoms with Crippen LogP contribution < -0.4 is 0 Å². The number of nitrogens with zero attached hydrogens (tertiary/aromatic N) is 1. The molecule has 0 amide bonds. The molecule has 0 rings (SSSR count). The van der Waals surface area contributed by atoms with Gasteiger partial charge in [0.1, 0.15) is 0 Å². The van der Waals surface area contributed by atoms with Crippen molar-refractivity contribution in [2.24, 2.45) is 0 Å². The zero-order chi connectivity index (χ0) is 17.1. The van der Waals surface area contributed by atoms with E-state index in [0.717, 1.165) is 19.4 Å². The first-order chi connectivity index (χ1) is 10.2. The van der Waals surface area contributed by atoms with Gasteiger partial charge in [0.15, 0.2) is 0 Å². The summed E-state index contributed by atoms with van der Waals surface area (Å²) in [6.07, 6.45) is 12.2. The lowest BCUT2D eigenvalue weighted by Crippen LogP contribution is -2.49.